The van der Waals surface area contributed by atoms with Crippen molar-refractivity contribution in [3.8, 4) is 5.75 Å². The number of carbonyl (C=O) groups excluding carboxylic acids is 1. The number of hydroxylamine groups is 2. The molecule has 1 N–H and O–H groups in total. The zero-order valence-electron chi connectivity index (χ0n) is 12.3. The van der Waals surface area contributed by atoms with Gasteiger partial charge in [-0.25, -0.2) is 5.06 Å². The normalized spacial score (nSPS) is 17.2. The molecule has 5 nitrogen and oxygen atoms in total. The van der Waals surface area contributed by atoms with Gasteiger partial charge in [0.1, 0.15) is 0 Å². The molecule has 1 aliphatic carbocycles. The maximum Gasteiger partial charge on any atom is 0.303 e. The van der Waals surface area contributed by atoms with Gasteiger partial charge in [-0.15, -0.1) is 0 Å². The van der Waals surface area contributed by atoms with Gasteiger partial charge in [0, 0.05) is 23.7 Å². The maximum absolute atomic E-state index is 12.0. The van der Waals surface area contributed by atoms with Crippen LogP contribution in [0.4, 0.5) is 0 Å². The summed E-state index contributed by atoms with van der Waals surface area (Å²) in [6, 6.07) is 5.69. The molecule has 0 radical (unpaired) electrons. The number of ketones is 1. The maximum atomic E-state index is 12.0. The molecule has 1 saturated carbocycles. The molecule has 1 fully saturated rings. The Hall–Kier alpha value is -2.30. The molecule has 0 saturated heterocycles. The average Bonchev–Trinajstić information content (AvgIpc) is 3.06. The van der Waals surface area contributed by atoms with Gasteiger partial charge in [0.2, 0.25) is 0 Å². The SMILES string of the molecule is O=C(O)CCC(=O)c1ccc2c(c1)C=CN(C1CCCC1)O2. The topological polar surface area (TPSA) is 66.8 Å². The highest BCUT2D eigenvalue weighted by Crippen LogP contribution is 2.31. The monoisotopic (exact) mass is 301 g/mol. The summed E-state index contributed by atoms with van der Waals surface area (Å²) in [6.07, 6.45) is 8.51. The number of hydrogen-bond donors (Lipinski definition) is 1. The molecule has 0 amide bonds. The van der Waals surface area contributed by atoms with Crippen molar-refractivity contribution in [2.24, 2.45) is 0 Å². The largest absolute Gasteiger partial charge is 0.481 e. The quantitative estimate of drug-likeness (QED) is 0.846. The summed E-state index contributed by atoms with van der Waals surface area (Å²) in [5.74, 6) is -0.372. The molecule has 1 aromatic carbocycles. The van der Waals surface area contributed by atoms with Crippen molar-refractivity contribution in [1.29, 1.82) is 0 Å². The number of aliphatic carboxylic acids is 1. The fourth-order valence-electron chi connectivity index (χ4n) is 2.95. The van der Waals surface area contributed by atoms with Crippen molar-refractivity contribution in [2.45, 2.75) is 44.6 Å². The summed E-state index contributed by atoms with van der Waals surface area (Å²) in [5.41, 5.74) is 1.39. The van der Waals surface area contributed by atoms with Crippen LogP contribution in [-0.4, -0.2) is 28.0 Å². The molecule has 5 heteroatoms. The third-order valence-electron chi connectivity index (χ3n) is 4.19. The van der Waals surface area contributed by atoms with Crippen molar-refractivity contribution < 1.29 is 19.5 Å². The minimum Gasteiger partial charge on any atom is -0.481 e. The standard InChI is InChI=1S/C17H19NO4/c19-15(6-8-17(20)21)12-5-7-16-13(11-12)9-10-18(22-16)14-3-1-2-4-14/h5,7,9-11,14H,1-4,6,8H2,(H,20,21). The first-order valence-electron chi connectivity index (χ1n) is 7.67. The van der Waals surface area contributed by atoms with E-state index >= 15 is 0 Å². The summed E-state index contributed by atoms with van der Waals surface area (Å²) in [4.78, 5) is 28.4. The zero-order chi connectivity index (χ0) is 15.5. The van der Waals surface area contributed by atoms with Crippen LogP contribution in [-0.2, 0) is 4.79 Å². The van der Waals surface area contributed by atoms with Gasteiger partial charge in [-0.05, 0) is 37.1 Å². The first-order valence-corrected chi connectivity index (χ1v) is 7.67. The molecule has 22 heavy (non-hydrogen) atoms. The number of rotatable bonds is 5. The minimum absolute atomic E-state index is 0.0207. The highest BCUT2D eigenvalue weighted by atomic mass is 16.7. The molecule has 2 aliphatic rings. The fraction of sp³-hybridized carbons (Fsp3) is 0.412. The first-order chi connectivity index (χ1) is 10.6. The van der Waals surface area contributed by atoms with Crippen molar-refractivity contribution in [3.05, 3.63) is 35.5 Å². The van der Waals surface area contributed by atoms with Crippen LogP contribution >= 0.6 is 0 Å². The van der Waals surface area contributed by atoms with E-state index in [1.54, 1.807) is 18.2 Å². The minimum atomic E-state index is -0.957. The van der Waals surface area contributed by atoms with Crippen LogP contribution in [0.15, 0.2) is 24.4 Å². The van der Waals surface area contributed by atoms with Crippen LogP contribution in [0.3, 0.4) is 0 Å². The zero-order valence-corrected chi connectivity index (χ0v) is 12.3. The molecular weight excluding hydrogens is 282 g/mol. The Kier molecular flexibility index (Phi) is 4.13. The average molecular weight is 301 g/mol. The van der Waals surface area contributed by atoms with Crippen LogP contribution in [0.25, 0.3) is 6.08 Å². The van der Waals surface area contributed by atoms with Gasteiger partial charge < -0.3 is 9.94 Å². The number of carboxylic acids is 1. The van der Waals surface area contributed by atoms with E-state index in [0.717, 1.165) is 24.2 Å². The lowest BCUT2D eigenvalue weighted by Gasteiger charge is -2.30. The molecule has 0 bridgehead atoms. The van der Waals surface area contributed by atoms with E-state index < -0.39 is 5.97 Å². The number of benzene rings is 1. The molecule has 0 atom stereocenters. The van der Waals surface area contributed by atoms with E-state index in [9.17, 15) is 9.59 Å². The first kappa shape index (κ1) is 14.6. The molecule has 0 aromatic heterocycles. The van der Waals surface area contributed by atoms with Gasteiger partial charge in [-0.1, -0.05) is 12.8 Å². The molecule has 1 aromatic rings. The molecule has 0 unspecified atom stereocenters. The lowest BCUT2D eigenvalue weighted by atomic mass is 10.0. The number of hydrogen-bond acceptors (Lipinski definition) is 4. The van der Waals surface area contributed by atoms with Gasteiger partial charge in [0.15, 0.2) is 11.5 Å². The Morgan fingerprint density at radius 1 is 1.23 bits per heavy atom. The van der Waals surface area contributed by atoms with E-state index in [1.807, 2.05) is 17.3 Å². The lowest BCUT2D eigenvalue weighted by Crippen LogP contribution is -2.33. The Bertz CT molecular complexity index is 617. The van der Waals surface area contributed by atoms with Crippen molar-refractivity contribution in [1.82, 2.24) is 5.06 Å². The van der Waals surface area contributed by atoms with Crippen molar-refractivity contribution in [2.75, 3.05) is 0 Å². The Morgan fingerprint density at radius 3 is 2.73 bits per heavy atom. The summed E-state index contributed by atoms with van der Waals surface area (Å²) >= 11 is 0. The number of fused-ring (bicyclic) bond motifs is 1. The van der Waals surface area contributed by atoms with Gasteiger partial charge in [-0.3, -0.25) is 9.59 Å². The second-order valence-electron chi connectivity index (χ2n) is 5.77. The van der Waals surface area contributed by atoms with Crippen LogP contribution in [0.5, 0.6) is 5.75 Å². The van der Waals surface area contributed by atoms with Crippen LogP contribution in [0, 0.1) is 0 Å². The summed E-state index contributed by atoms with van der Waals surface area (Å²) in [7, 11) is 0. The summed E-state index contributed by atoms with van der Waals surface area (Å²) in [6.45, 7) is 0. The second kappa shape index (κ2) is 6.22. The number of carbonyl (C=O) groups is 2. The van der Waals surface area contributed by atoms with Gasteiger partial charge in [0.25, 0.3) is 0 Å². The number of carboxylic acid groups (broad SMARTS) is 1. The van der Waals surface area contributed by atoms with Crippen molar-refractivity contribution >= 4 is 17.8 Å². The van der Waals surface area contributed by atoms with E-state index in [2.05, 4.69) is 0 Å². The Morgan fingerprint density at radius 2 is 2.00 bits per heavy atom. The third kappa shape index (κ3) is 3.13. The summed E-state index contributed by atoms with van der Waals surface area (Å²) in [5, 5.41) is 10.5. The van der Waals surface area contributed by atoms with E-state index in [0.29, 0.717) is 11.6 Å². The predicted molar refractivity (Wildman–Crippen MR) is 81.4 cm³/mol. The highest BCUT2D eigenvalue weighted by Gasteiger charge is 2.24. The van der Waals surface area contributed by atoms with Crippen LogP contribution < -0.4 is 4.84 Å². The van der Waals surface area contributed by atoms with E-state index in [1.165, 1.54) is 12.8 Å². The van der Waals surface area contributed by atoms with Gasteiger partial charge in [0.05, 0.1) is 12.5 Å². The molecular formula is C17H19NO4. The molecule has 3 rings (SSSR count). The van der Waals surface area contributed by atoms with Crippen molar-refractivity contribution in [3.63, 3.8) is 0 Å². The summed E-state index contributed by atoms with van der Waals surface area (Å²) < 4.78 is 0. The molecule has 116 valence electrons. The molecule has 1 aliphatic heterocycles. The van der Waals surface area contributed by atoms with E-state index in [-0.39, 0.29) is 18.6 Å². The molecule has 1 heterocycles. The van der Waals surface area contributed by atoms with E-state index in [4.69, 9.17) is 9.94 Å². The predicted octanol–water partition coefficient (Wildman–Crippen LogP) is 3.26. The Labute approximate surface area is 129 Å². The smallest absolute Gasteiger partial charge is 0.303 e. The lowest BCUT2D eigenvalue weighted by molar-refractivity contribution is -0.136. The number of Topliss-reactive ketones (excluding diaryl/α,β-unsaturated/α-hetero) is 1. The molecule has 0 spiro atoms. The van der Waals surface area contributed by atoms with Crippen LogP contribution in [0.1, 0.15) is 54.4 Å². The van der Waals surface area contributed by atoms with Gasteiger partial charge in [-0.2, -0.15) is 0 Å². The fourth-order valence-corrected chi connectivity index (χ4v) is 2.95. The van der Waals surface area contributed by atoms with Gasteiger partial charge >= 0.3 is 5.97 Å². The number of nitrogens with zero attached hydrogens (tertiary/aromatic N) is 1. The van der Waals surface area contributed by atoms with Crippen LogP contribution in [0.2, 0.25) is 0 Å². The highest BCUT2D eigenvalue weighted by molar-refractivity contribution is 5.98. The third-order valence-corrected chi connectivity index (χ3v) is 4.19. The Balaban J connectivity index is 1.71. The second-order valence-corrected chi connectivity index (χ2v) is 5.77.